The second kappa shape index (κ2) is 8.98. The molecular weight excluding hydrogens is 254 g/mol. The fourth-order valence-electron chi connectivity index (χ4n) is 2.53. The number of hydrogen-bond acceptors (Lipinski definition) is 4. The smallest absolute Gasteiger partial charge is 0.353 e. The number of esters is 1. The van der Waals surface area contributed by atoms with Crippen molar-refractivity contribution in [1.82, 2.24) is 0 Å². The van der Waals surface area contributed by atoms with Crippen LogP contribution in [0, 0.1) is 0 Å². The van der Waals surface area contributed by atoms with Crippen LogP contribution in [0.25, 0.3) is 0 Å². The van der Waals surface area contributed by atoms with Gasteiger partial charge in [0.1, 0.15) is 0 Å². The van der Waals surface area contributed by atoms with E-state index >= 15 is 0 Å². The van der Waals surface area contributed by atoms with Gasteiger partial charge in [0.2, 0.25) is 5.60 Å². The maximum atomic E-state index is 12.2. The summed E-state index contributed by atoms with van der Waals surface area (Å²) in [7, 11) is 0. The molecule has 0 radical (unpaired) electrons. The van der Waals surface area contributed by atoms with Gasteiger partial charge in [-0.2, -0.15) is 0 Å². The van der Waals surface area contributed by atoms with Gasteiger partial charge in [-0.3, -0.25) is 0 Å². The zero-order valence-corrected chi connectivity index (χ0v) is 13.2. The van der Waals surface area contributed by atoms with Crippen molar-refractivity contribution < 1.29 is 14.4 Å². The van der Waals surface area contributed by atoms with E-state index in [1.54, 1.807) is 0 Å². The molecule has 116 valence electrons. The average molecular weight is 283 g/mol. The van der Waals surface area contributed by atoms with Crippen LogP contribution in [0.15, 0.2) is 5.16 Å². The van der Waals surface area contributed by atoms with Crippen LogP contribution < -0.4 is 0 Å². The molecule has 0 amide bonds. The summed E-state index contributed by atoms with van der Waals surface area (Å²) in [5.41, 5.74) is 0.121. The van der Waals surface area contributed by atoms with Crippen molar-refractivity contribution in [1.29, 1.82) is 0 Å². The monoisotopic (exact) mass is 283 g/mol. The van der Waals surface area contributed by atoms with E-state index in [-0.39, 0.29) is 5.97 Å². The van der Waals surface area contributed by atoms with Gasteiger partial charge in [-0.15, -0.1) is 0 Å². The Bertz CT molecular complexity index is 328. The van der Waals surface area contributed by atoms with Crippen LogP contribution in [0.3, 0.4) is 0 Å². The summed E-state index contributed by atoms with van der Waals surface area (Å²) >= 11 is 0. The van der Waals surface area contributed by atoms with Gasteiger partial charge in [-0.1, -0.05) is 51.1 Å². The molecule has 1 heterocycles. The highest BCUT2D eigenvalue weighted by Crippen LogP contribution is 2.32. The third-order valence-corrected chi connectivity index (χ3v) is 3.83. The first kappa shape index (κ1) is 17.0. The highest BCUT2D eigenvalue weighted by molar-refractivity contribution is 5.93. The Morgan fingerprint density at radius 3 is 2.50 bits per heavy atom. The number of oxime groups is 1. The Morgan fingerprint density at radius 1 is 1.20 bits per heavy atom. The summed E-state index contributed by atoms with van der Waals surface area (Å²) in [4.78, 5) is 17.7. The van der Waals surface area contributed by atoms with Gasteiger partial charge in [0.05, 0.1) is 12.3 Å². The molecule has 0 fully saturated rings. The predicted octanol–water partition coefficient (Wildman–Crippen LogP) is 4.23. The first-order valence-corrected chi connectivity index (χ1v) is 8.09. The third-order valence-electron chi connectivity index (χ3n) is 3.83. The molecule has 0 aromatic heterocycles. The van der Waals surface area contributed by atoms with E-state index in [4.69, 9.17) is 9.57 Å². The highest BCUT2D eigenvalue weighted by atomic mass is 16.7. The maximum Gasteiger partial charge on any atom is 0.353 e. The molecule has 1 rings (SSSR count). The van der Waals surface area contributed by atoms with Gasteiger partial charge < -0.3 is 9.57 Å². The Morgan fingerprint density at radius 2 is 1.90 bits per heavy atom. The Hall–Kier alpha value is -1.06. The van der Waals surface area contributed by atoms with Crippen LogP contribution in [0.1, 0.15) is 78.6 Å². The summed E-state index contributed by atoms with van der Waals surface area (Å²) in [6.45, 7) is 6.47. The van der Waals surface area contributed by atoms with E-state index in [1.807, 2.05) is 13.8 Å². The quantitative estimate of drug-likeness (QED) is 0.445. The molecule has 1 aliphatic rings. The molecule has 0 aromatic carbocycles. The lowest BCUT2D eigenvalue weighted by Gasteiger charge is -2.24. The zero-order valence-electron chi connectivity index (χ0n) is 13.2. The highest BCUT2D eigenvalue weighted by Gasteiger charge is 2.46. The number of carbonyl (C=O) groups excluding carboxylic acids is 1. The number of hydrogen-bond donors (Lipinski definition) is 0. The normalized spacial score (nSPS) is 21.4. The molecule has 1 unspecified atom stereocenters. The Labute approximate surface area is 122 Å². The topological polar surface area (TPSA) is 47.9 Å². The summed E-state index contributed by atoms with van der Waals surface area (Å²) in [5.74, 6) is -0.249. The van der Waals surface area contributed by atoms with E-state index in [0.29, 0.717) is 19.4 Å². The van der Waals surface area contributed by atoms with Gasteiger partial charge >= 0.3 is 5.97 Å². The number of ether oxygens (including phenoxy) is 1. The van der Waals surface area contributed by atoms with E-state index < -0.39 is 5.60 Å². The number of rotatable bonds is 10. The van der Waals surface area contributed by atoms with Crippen molar-refractivity contribution in [2.75, 3.05) is 6.61 Å². The van der Waals surface area contributed by atoms with E-state index in [9.17, 15) is 4.79 Å². The summed E-state index contributed by atoms with van der Waals surface area (Å²) < 4.78 is 5.18. The van der Waals surface area contributed by atoms with Crippen LogP contribution in [0.4, 0.5) is 0 Å². The molecule has 0 spiro atoms. The first-order valence-electron chi connectivity index (χ1n) is 8.09. The van der Waals surface area contributed by atoms with Gasteiger partial charge in [-0.05, 0) is 19.8 Å². The van der Waals surface area contributed by atoms with Crippen LogP contribution in [-0.2, 0) is 14.4 Å². The van der Waals surface area contributed by atoms with Crippen molar-refractivity contribution in [2.45, 2.75) is 84.2 Å². The molecule has 4 nitrogen and oxygen atoms in total. The molecule has 4 heteroatoms. The lowest BCUT2D eigenvalue weighted by molar-refractivity contribution is -0.170. The average Bonchev–Trinajstić information content (AvgIpc) is 2.88. The van der Waals surface area contributed by atoms with Crippen molar-refractivity contribution in [3.05, 3.63) is 0 Å². The predicted molar refractivity (Wildman–Crippen MR) is 80.8 cm³/mol. The molecule has 0 saturated carbocycles. The largest absolute Gasteiger partial charge is 0.463 e. The minimum atomic E-state index is -0.841. The van der Waals surface area contributed by atoms with Gasteiger partial charge in [0.25, 0.3) is 0 Å². The summed E-state index contributed by atoms with van der Waals surface area (Å²) in [6, 6.07) is 0. The van der Waals surface area contributed by atoms with Crippen molar-refractivity contribution in [3.8, 4) is 0 Å². The number of nitrogens with zero attached hydrogens (tertiary/aromatic N) is 1. The standard InChI is InChI=1S/C16H29NO3/c1-4-7-8-9-10-11-12-16(15(18)19-6-3)13-14(5-2)17-20-16/h4-13H2,1-3H3. The summed E-state index contributed by atoms with van der Waals surface area (Å²) in [6.07, 6.45) is 9.34. The van der Waals surface area contributed by atoms with Crippen LogP contribution in [0.2, 0.25) is 0 Å². The first-order chi connectivity index (χ1) is 9.68. The van der Waals surface area contributed by atoms with E-state index in [0.717, 1.165) is 25.0 Å². The molecule has 20 heavy (non-hydrogen) atoms. The fourth-order valence-corrected chi connectivity index (χ4v) is 2.53. The minimum Gasteiger partial charge on any atom is -0.463 e. The third kappa shape index (κ3) is 4.80. The molecule has 0 bridgehead atoms. The minimum absolute atomic E-state index is 0.249. The molecule has 1 aliphatic heterocycles. The van der Waals surface area contributed by atoms with Gasteiger partial charge in [0.15, 0.2) is 0 Å². The molecule has 0 N–H and O–H groups in total. The molecule has 0 aliphatic carbocycles. The lowest BCUT2D eigenvalue weighted by Crippen LogP contribution is -2.40. The molecule has 1 atom stereocenters. The van der Waals surface area contributed by atoms with Crippen LogP contribution in [0.5, 0.6) is 0 Å². The number of unbranched alkanes of at least 4 members (excludes halogenated alkanes) is 5. The van der Waals surface area contributed by atoms with Crippen LogP contribution >= 0.6 is 0 Å². The lowest BCUT2D eigenvalue weighted by atomic mass is 9.90. The van der Waals surface area contributed by atoms with Gasteiger partial charge in [-0.25, -0.2) is 4.79 Å². The second-order valence-corrected chi connectivity index (χ2v) is 5.51. The number of carbonyl (C=O) groups is 1. The van der Waals surface area contributed by atoms with Crippen molar-refractivity contribution in [3.63, 3.8) is 0 Å². The fraction of sp³-hybridized carbons (Fsp3) is 0.875. The molecule has 0 aromatic rings. The Balaban J connectivity index is 2.43. The van der Waals surface area contributed by atoms with E-state index in [1.165, 1.54) is 25.7 Å². The maximum absolute atomic E-state index is 12.2. The van der Waals surface area contributed by atoms with Gasteiger partial charge in [0, 0.05) is 12.8 Å². The van der Waals surface area contributed by atoms with Crippen LogP contribution in [-0.4, -0.2) is 23.9 Å². The van der Waals surface area contributed by atoms with E-state index in [2.05, 4.69) is 12.1 Å². The van der Waals surface area contributed by atoms with Crippen molar-refractivity contribution >= 4 is 11.7 Å². The molecular formula is C16H29NO3. The van der Waals surface area contributed by atoms with Crippen molar-refractivity contribution in [2.24, 2.45) is 5.16 Å². The zero-order chi connectivity index (χ0) is 14.8. The Kier molecular flexibility index (Phi) is 7.63. The summed E-state index contributed by atoms with van der Waals surface area (Å²) in [5, 5.41) is 4.06. The second-order valence-electron chi connectivity index (χ2n) is 5.51. The molecule has 0 saturated heterocycles. The SMILES string of the molecule is CCCCCCCCC1(C(=O)OCC)CC(CC)=NO1.